The molecule has 0 amide bonds. The lowest BCUT2D eigenvalue weighted by atomic mass is 10.1. The van der Waals surface area contributed by atoms with Gasteiger partial charge in [-0.3, -0.25) is 0 Å². The maximum Gasteiger partial charge on any atom is 0.232 e. The molecule has 0 unspecified atom stereocenters. The first kappa shape index (κ1) is 12.1. The van der Waals surface area contributed by atoms with Crippen molar-refractivity contribution in [2.45, 2.75) is 12.5 Å². The molecule has 20 heavy (non-hydrogen) atoms. The average Bonchev–Trinajstić information content (AvgIpc) is 3.30. The van der Waals surface area contributed by atoms with E-state index in [2.05, 4.69) is 30.1 Å². The topological polar surface area (TPSA) is 75.2 Å². The van der Waals surface area contributed by atoms with Crippen molar-refractivity contribution in [3.63, 3.8) is 0 Å². The molecule has 3 saturated heterocycles. The molecule has 8 nitrogen and oxygen atoms in total. The summed E-state index contributed by atoms with van der Waals surface area (Å²) in [4.78, 5) is 17.7. The SMILES string of the molecule is CC1(Nc2nc(N3CC3)nc(N3CC3)n2)COCOC1. The molecular weight excluding hydrogens is 260 g/mol. The highest BCUT2D eigenvalue weighted by atomic mass is 16.7. The van der Waals surface area contributed by atoms with Gasteiger partial charge in [0.25, 0.3) is 0 Å². The Hall–Kier alpha value is -1.67. The van der Waals surface area contributed by atoms with Gasteiger partial charge in [-0.1, -0.05) is 0 Å². The van der Waals surface area contributed by atoms with Gasteiger partial charge in [0.15, 0.2) is 0 Å². The minimum atomic E-state index is -0.300. The van der Waals surface area contributed by atoms with Crippen molar-refractivity contribution in [3.8, 4) is 0 Å². The molecule has 8 heteroatoms. The third-order valence-corrected chi connectivity index (χ3v) is 3.49. The Morgan fingerprint density at radius 3 is 2.00 bits per heavy atom. The Balaban J connectivity index is 1.59. The highest BCUT2D eigenvalue weighted by Gasteiger charge is 2.32. The summed E-state index contributed by atoms with van der Waals surface area (Å²) in [5, 5.41) is 3.34. The van der Waals surface area contributed by atoms with E-state index in [4.69, 9.17) is 9.47 Å². The maximum absolute atomic E-state index is 5.36. The molecule has 0 radical (unpaired) electrons. The number of anilines is 3. The van der Waals surface area contributed by atoms with Gasteiger partial charge in [-0.15, -0.1) is 0 Å². The molecule has 3 fully saturated rings. The van der Waals surface area contributed by atoms with Gasteiger partial charge in [-0.2, -0.15) is 15.0 Å². The molecule has 4 heterocycles. The average molecular weight is 278 g/mol. The highest BCUT2D eigenvalue weighted by molar-refractivity contribution is 5.51. The van der Waals surface area contributed by atoms with Crippen molar-refractivity contribution >= 4 is 17.8 Å². The first-order valence-corrected chi connectivity index (χ1v) is 6.92. The fourth-order valence-corrected chi connectivity index (χ4v) is 2.17. The molecule has 4 rings (SSSR count). The number of nitrogens with one attached hydrogen (secondary N) is 1. The van der Waals surface area contributed by atoms with Crippen LogP contribution in [-0.2, 0) is 9.47 Å². The van der Waals surface area contributed by atoms with Crippen LogP contribution in [0.5, 0.6) is 0 Å². The van der Waals surface area contributed by atoms with E-state index in [0.29, 0.717) is 26.0 Å². The lowest BCUT2D eigenvalue weighted by molar-refractivity contribution is -0.125. The second-order valence-electron chi connectivity index (χ2n) is 5.73. The van der Waals surface area contributed by atoms with Crippen molar-refractivity contribution < 1.29 is 9.47 Å². The molecule has 1 aromatic rings. The Labute approximate surface area is 117 Å². The normalized spacial score (nSPS) is 23.6. The number of hydrogen-bond donors (Lipinski definition) is 1. The van der Waals surface area contributed by atoms with Crippen molar-refractivity contribution in [2.24, 2.45) is 0 Å². The molecule has 0 aromatic carbocycles. The van der Waals surface area contributed by atoms with E-state index in [1.54, 1.807) is 0 Å². The van der Waals surface area contributed by atoms with E-state index in [1.807, 2.05) is 6.92 Å². The summed E-state index contributed by atoms with van der Waals surface area (Å²) in [5.74, 6) is 2.11. The zero-order valence-corrected chi connectivity index (χ0v) is 11.5. The molecule has 0 atom stereocenters. The number of hydrogen-bond acceptors (Lipinski definition) is 8. The molecular formula is C12H18N6O2. The number of ether oxygens (including phenoxy) is 2. The van der Waals surface area contributed by atoms with E-state index >= 15 is 0 Å². The van der Waals surface area contributed by atoms with Crippen LogP contribution in [-0.4, -0.2) is 66.7 Å². The summed E-state index contributed by atoms with van der Waals surface area (Å²) in [5.41, 5.74) is -0.300. The van der Waals surface area contributed by atoms with E-state index in [9.17, 15) is 0 Å². The largest absolute Gasteiger partial charge is 0.353 e. The van der Waals surface area contributed by atoms with Gasteiger partial charge in [-0.25, -0.2) is 0 Å². The zero-order chi connectivity index (χ0) is 13.6. The van der Waals surface area contributed by atoms with Crippen LogP contribution in [0.2, 0.25) is 0 Å². The van der Waals surface area contributed by atoms with Gasteiger partial charge in [0.1, 0.15) is 6.79 Å². The van der Waals surface area contributed by atoms with Gasteiger partial charge < -0.3 is 24.6 Å². The van der Waals surface area contributed by atoms with Crippen LogP contribution in [0.3, 0.4) is 0 Å². The molecule has 1 N–H and O–H groups in total. The van der Waals surface area contributed by atoms with Crippen LogP contribution in [0.4, 0.5) is 17.8 Å². The molecule has 108 valence electrons. The minimum Gasteiger partial charge on any atom is -0.353 e. The predicted octanol–water partition coefficient (Wildman–Crippen LogP) is -0.313. The van der Waals surface area contributed by atoms with Crippen molar-refractivity contribution in [2.75, 3.05) is 61.3 Å². The van der Waals surface area contributed by atoms with Crippen LogP contribution in [0, 0.1) is 0 Å². The third kappa shape index (κ3) is 2.48. The summed E-state index contributed by atoms with van der Waals surface area (Å²) in [6, 6.07) is 0. The van der Waals surface area contributed by atoms with Crippen LogP contribution in [0.15, 0.2) is 0 Å². The lowest BCUT2D eigenvalue weighted by Gasteiger charge is -2.33. The molecule has 0 spiro atoms. The van der Waals surface area contributed by atoms with Gasteiger partial charge in [-0.05, 0) is 6.92 Å². The van der Waals surface area contributed by atoms with E-state index in [0.717, 1.165) is 38.1 Å². The first-order valence-electron chi connectivity index (χ1n) is 6.92. The molecule has 1 aromatic heterocycles. The molecule has 3 aliphatic rings. The number of aromatic nitrogens is 3. The van der Waals surface area contributed by atoms with E-state index < -0.39 is 0 Å². The standard InChI is InChI=1S/C12H18N6O2/c1-12(6-19-8-20-7-12)16-9-13-10(17-2-3-17)15-11(14-9)18-4-5-18/h2-8H2,1H3,(H,13,14,15,16). The van der Waals surface area contributed by atoms with E-state index in [-0.39, 0.29) is 5.54 Å². The summed E-state index contributed by atoms with van der Waals surface area (Å²) < 4.78 is 10.7. The summed E-state index contributed by atoms with van der Waals surface area (Å²) in [7, 11) is 0. The monoisotopic (exact) mass is 278 g/mol. The summed E-state index contributed by atoms with van der Waals surface area (Å²) in [6.07, 6.45) is 0. The Morgan fingerprint density at radius 1 is 0.950 bits per heavy atom. The molecule has 0 bridgehead atoms. The molecule has 0 saturated carbocycles. The van der Waals surface area contributed by atoms with Gasteiger partial charge >= 0.3 is 0 Å². The van der Waals surface area contributed by atoms with Crippen molar-refractivity contribution in [1.82, 2.24) is 15.0 Å². The van der Waals surface area contributed by atoms with Gasteiger partial charge in [0.05, 0.1) is 18.8 Å². The van der Waals surface area contributed by atoms with Crippen LogP contribution < -0.4 is 15.1 Å². The second kappa shape index (κ2) is 4.42. The third-order valence-electron chi connectivity index (χ3n) is 3.49. The first-order chi connectivity index (χ1) is 9.72. The second-order valence-corrected chi connectivity index (χ2v) is 5.73. The smallest absolute Gasteiger partial charge is 0.232 e. The highest BCUT2D eigenvalue weighted by Crippen LogP contribution is 2.25. The van der Waals surface area contributed by atoms with Crippen molar-refractivity contribution in [3.05, 3.63) is 0 Å². The minimum absolute atomic E-state index is 0.300. The Morgan fingerprint density at radius 2 is 1.50 bits per heavy atom. The number of rotatable bonds is 4. The zero-order valence-electron chi connectivity index (χ0n) is 11.5. The molecule has 3 aliphatic heterocycles. The van der Waals surface area contributed by atoms with Crippen LogP contribution in [0.1, 0.15) is 6.92 Å². The quantitative estimate of drug-likeness (QED) is 0.752. The molecule has 0 aliphatic carbocycles. The fraction of sp³-hybridized carbons (Fsp3) is 0.750. The van der Waals surface area contributed by atoms with Gasteiger partial charge in [0, 0.05) is 26.2 Å². The van der Waals surface area contributed by atoms with Crippen LogP contribution >= 0.6 is 0 Å². The number of nitrogens with zero attached hydrogens (tertiary/aromatic N) is 5. The Kier molecular flexibility index (Phi) is 2.67. The predicted molar refractivity (Wildman–Crippen MR) is 73.1 cm³/mol. The maximum atomic E-state index is 5.36. The van der Waals surface area contributed by atoms with Gasteiger partial charge in [0.2, 0.25) is 17.8 Å². The fourth-order valence-electron chi connectivity index (χ4n) is 2.17. The summed E-state index contributed by atoms with van der Waals surface area (Å²) in [6.45, 7) is 7.64. The van der Waals surface area contributed by atoms with Crippen molar-refractivity contribution in [1.29, 1.82) is 0 Å². The summed E-state index contributed by atoms with van der Waals surface area (Å²) >= 11 is 0. The lowest BCUT2D eigenvalue weighted by Crippen LogP contribution is -2.48. The Bertz CT molecular complexity index is 480. The van der Waals surface area contributed by atoms with Crippen LogP contribution in [0.25, 0.3) is 0 Å². The van der Waals surface area contributed by atoms with E-state index in [1.165, 1.54) is 0 Å².